The van der Waals surface area contributed by atoms with Gasteiger partial charge in [-0.25, -0.2) is 14.8 Å². The number of nitrogens with one attached hydrogen (secondary N) is 3. The van der Waals surface area contributed by atoms with Crippen LogP contribution in [0.25, 0.3) is 0 Å². The first-order valence-corrected chi connectivity index (χ1v) is 10.8. The maximum atomic E-state index is 12.7. The van der Waals surface area contributed by atoms with Crippen LogP contribution in [0.1, 0.15) is 25.7 Å². The Bertz CT molecular complexity index is 871. The van der Waals surface area contributed by atoms with Crippen LogP contribution in [0.4, 0.5) is 22.1 Å². The van der Waals surface area contributed by atoms with Gasteiger partial charge in [-0.1, -0.05) is 0 Å². The zero-order chi connectivity index (χ0) is 21.5. The van der Waals surface area contributed by atoms with Gasteiger partial charge >= 0.3 is 6.03 Å². The third-order valence-corrected chi connectivity index (χ3v) is 5.55. The Hall–Kier alpha value is -3.20. The van der Waals surface area contributed by atoms with Gasteiger partial charge in [0.15, 0.2) is 0 Å². The third-order valence-electron chi connectivity index (χ3n) is 5.55. The standard InChI is InChI=1S/C22H28N6O3/c29-20(16-4-1-12-28(15-16)21-23-10-3-11-24-21)26-17-6-8-18(9-7-17)27-22(30)25-14-19-5-2-13-31-19/h3,6-11,16,19H,1-2,4-5,12-15H2,(H,26,29)(H2,25,27,30). The molecule has 2 fully saturated rings. The highest BCUT2D eigenvalue weighted by Crippen LogP contribution is 2.22. The number of ether oxygens (including phenoxy) is 1. The van der Waals surface area contributed by atoms with E-state index in [-0.39, 0.29) is 24.0 Å². The topological polar surface area (TPSA) is 108 Å². The molecule has 2 aliphatic heterocycles. The molecule has 9 nitrogen and oxygen atoms in total. The molecule has 9 heteroatoms. The van der Waals surface area contributed by atoms with E-state index in [4.69, 9.17) is 4.74 Å². The molecule has 3 N–H and O–H groups in total. The van der Waals surface area contributed by atoms with Gasteiger partial charge in [-0.3, -0.25) is 4.79 Å². The van der Waals surface area contributed by atoms with E-state index in [1.165, 1.54) is 0 Å². The zero-order valence-corrected chi connectivity index (χ0v) is 17.4. The number of urea groups is 1. The summed E-state index contributed by atoms with van der Waals surface area (Å²) >= 11 is 0. The number of hydrogen-bond acceptors (Lipinski definition) is 6. The summed E-state index contributed by atoms with van der Waals surface area (Å²) in [5, 5.41) is 8.59. The number of rotatable bonds is 6. The number of aromatic nitrogens is 2. The fourth-order valence-corrected chi connectivity index (χ4v) is 3.90. The first-order chi connectivity index (χ1) is 15.2. The van der Waals surface area contributed by atoms with E-state index in [9.17, 15) is 9.59 Å². The zero-order valence-electron chi connectivity index (χ0n) is 17.4. The van der Waals surface area contributed by atoms with Gasteiger partial charge in [0, 0.05) is 50.0 Å². The number of hydrogen-bond donors (Lipinski definition) is 3. The molecule has 31 heavy (non-hydrogen) atoms. The molecule has 1 aromatic carbocycles. The van der Waals surface area contributed by atoms with Gasteiger partial charge < -0.3 is 25.6 Å². The van der Waals surface area contributed by atoms with E-state index < -0.39 is 0 Å². The lowest BCUT2D eigenvalue weighted by molar-refractivity contribution is -0.120. The second-order valence-electron chi connectivity index (χ2n) is 7.87. The first kappa shape index (κ1) is 21.0. The predicted octanol–water partition coefficient (Wildman–Crippen LogP) is 2.63. The lowest BCUT2D eigenvalue weighted by atomic mass is 9.97. The van der Waals surface area contributed by atoms with Crippen LogP contribution in [0.5, 0.6) is 0 Å². The van der Waals surface area contributed by atoms with E-state index in [0.29, 0.717) is 30.4 Å². The summed E-state index contributed by atoms with van der Waals surface area (Å²) in [5.74, 6) is 0.516. The van der Waals surface area contributed by atoms with Crippen molar-refractivity contribution in [3.63, 3.8) is 0 Å². The molecular weight excluding hydrogens is 396 g/mol. The summed E-state index contributed by atoms with van der Waals surface area (Å²) in [6.07, 6.45) is 7.30. The summed E-state index contributed by atoms with van der Waals surface area (Å²) in [7, 11) is 0. The van der Waals surface area contributed by atoms with Crippen LogP contribution in [-0.4, -0.2) is 54.3 Å². The van der Waals surface area contributed by atoms with E-state index in [0.717, 1.165) is 38.8 Å². The Morgan fingerprint density at radius 3 is 2.48 bits per heavy atom. The molecule has 3 amide bonds. The van der Waals surface area contributed by atoms with Crippen molar-refractivity contribution in [2.24, 2.45) is 5.92 Å². The van der Waals surface area contributed by atoms with Crippen LogP contribution in [0.2, 0.25) is 0 Å². The van der Waals surface area contributed by atoms with Crippen molar-refractivity contribution in [3.8, 4) is 0 Å². The van der Waals surface area contributed by atoms with Gasteiger partial charge in [-0.05, 0) is 56.0 Å². The lowest BCUT2D eigenvalue weighted by Gasteiger charge is -2.31. The van der Waals surface area contributed by atoms with Crippen molar-refractivity contribution < 1.29 is 14.3 Å². The van der Waals surface area contributed by atoms with Gasteiger partial charge in [-0.2, -0.15) is 0 Å². The molecule has 0 radical (unpaired) electrons. The average Bonchev–Trinajstić information content (AvgIpc) is 3.33. The summed E-state index contributed by atoms with van der Waals surface area (Å²) in [4.78, 5) is 35.4. The molecule has 0 bridgehead atoms. The first-order valence-electron chi connectivity index (χ1n) is 10.8. The second kappa shape index (κ2) is 10.2. The Balaban J connectivity index is 1.25. The highest BCUT2D eigenvalue weighted by Gasteiger charge is 2.27. The van der Waals surface area contributed by atoms with Crippen molar-refractivity contribution >= 4 is 29.3 Å². The largest absolute Gasteiger partial charge is 0.376 e. The number of anilines is 3. The van der Waals surface area contributed by atoms with E-state index in [1.807, 2.05) is 0 Å². The molecule has 2 aromatic rings. The molecule has 1 aromatic heterocycles. The Morgan fingerprint density at radius 1 is 1.03 bits per heavy atom. The molecule has 0 aliphatic carbocycles. The number of carbonyl (C=O) groups excluding carboxylic acids is 2. The van der Waals surface area contributed by atoms with Crippen LogP contribution in [0.15, 0.2) is 42.7 Å². The van der Waals surface area contributed by atoms with E-state index in [1.54, 1.807) is 42.7 Å². The van der Waals surface area contributed by atoms with Crippen LogP contribution >= 0.6 is 0 Å². The minimum atomic E-state index is -0.266. The van der Waals surface area contributed by atoms with E-state index >= 15 is 0 Å². The van der Waals surface area contributed by atoms with Crippen molar-refractivity contribution in [2.75, 3.05) is 41.8 Å². The summed E-state index contributed by atoms with van der Waals surface area (Å²) in [6, 6.07) is 8.63. The van der Waals surface area contributed by atoms with E-state index in [2.05, 4.69) is 30.8 Å². The van der Waals surface area contributed by atoms with Crippen molar-refractivity contribution in [1.29, 1.82) is 0 Å². The third kappa shape index (κ3) is 5.91. The molecule has 0 saturated carbocycles. The van der Waals surface area contributed by atoms with Crippen molar-refractivity contribution in [3.05, 3.63) is 42.7 Å². The number of carbonyl (C=O) groups is 2. The highest BCUT2D eigenvalue weighted by molar-refractivity contribution is 5.94. The Kier molecular flexibility index (Phi) is 6.93. The smallest absolute Gasteiger partial charge is 0.319 e. The van der Waals surface area contributed by atoms with Crippen LogP contribution in [0, 0.1) is 5.92 Å². The summed E-state index contributed by atoms with van der Waals surface area (Å²) in [6.45, 7) is 2.72. The lowest BCUT2D eigenvalue weighted by Crippen LogP contribution is -2.41. The second-order valence-corrected chi connectivity index (χ2v) is 7.87. The molecular formula is C22H28N6O3. The molecule has 3 heterocycles. The fourth-order valence-electron chi connectivity index (χ4n) is 3.90. The van der Waals surface area contributed by atoms with Crippen molar-refractivity contribution in [2.45, 2.75) is 31.8 Å². The average molecular weight is 425 g/mol. The molecule has 0 spiro atoms. The van der Waals surface area contributed by atoms with Gasteiger partial charge in [-0.15, -0.1) is 0 Å². The molecule has 2 aliphatic rings. The Labute approximate surface area is 181 Å². The molecule has 2 saturated heterocycles. The molecule has 2 unspecified atom stereocenters. The predicted molar refractivity (Wildman–Crippen MR) is 118 cm³/mol. The van der Waals surface area contributed by atoms with Gasteiger partial charge in [0.05, 0.1) is 12.0 Å². The minimum Gasteiger partial charge on any atom is -0.376 e. The highest BCUT2D eigenvalue weighted by atomic mass is 16.5. The van der Waals surface area contributed by atoms with Crippen LogP contribution in [-0.2, 0) is 9.53 Å². The summed E-state index contributed by atoms with van der Waals surface area (Å²) < 4.78 is 5.50. The molecule has 2 atom stereocenters. The molecule has 4 rings (SSSR count). The quantitative estimate of drug-likeness (QED) is 0.658. The van der Waals surface area contributed by atoms with Gasteiger partial charge in [0.1, 0.15) is 0 Å². The minimum absolute atomic E-state index is 0.0179. The number of benzene rings is 1. The van der Waals surface area contributed by atoms with Gasteiger partial charge in [0.2, 0.25) is 11.9 Å². The van der Waals surface area contributed by atoms with Gasteiger partial charge in [0.25, 0.3) is 0 Å². The van der Waals surface area contributed by atoms with Crippen LogP contribution < -0.4 is 20.9 Å². The molecule has 164 valence electrons. The normalized spacial score (nSPS) is 20.8. The number of piperidine rings is 1. The Morgan fingerprint density at radius 2 is 1.77 bits per heavy atom. The van der Waals surface area contributed by atoms with Crippen LogP contribution in [0.3, 0.4) is 0 Å². The number of amides is 3. The maximum absolute atomic E-state index is 12.7. The monoisotopic (exact) mass is 424 g/mol. The maximum Gasteiger partial charge on any atom is 0.319 e. The fraction of sp³-hybridized carbons (Fsp3) is 0.455. The van der Waals surface area contributed by atoms with Crippen molar-refractivity contribution in [1.82, 2.24) is 15.3 Å². The SMILES string of the molecule is O=C(NCC1CCCO1)Nc1ccc(NC(=O)C2CCCN(c3ncccn3)C2)cc1. The summed E-state index contributed by atoms with van der Waals surface area (Å²) in [5.41, 5.74) is 1.36. The number of nitrogens with zero attached hydrogens (tertiary/aromatic N) is 3.